The summed E-state index contributed by atoms with van der Waals surface area (Å²) in [7, 11) is 0. The molecule has 0 aliphatic heterocycles. The molecule has 0 aromatic heterocycles. The maximum atomic E-state index is 11.7. The van der Waals surface area contributed by atoms with E-state index in [2.05, 4.69) is 23.5 Å². The smallest absolute Gasteiger partial charge is 0.230 e. The third-order valence-electron chi connectivity index (χ3n) is 3.56. The normalized spacial score (nSPS) is 14.9. The molecule has 0 bridgehead atoms. The molecule has 2 N–H and O–H groups in total. The number of carbonyl (C=O) groups is 1. The molecule has 1 amide bonds. The van der Waals surface area contributed by atoms with Gasteiger partial charge in [-0.3, -0.25) is 4.79 Å². The minimum Gasteiger partial charge on any atom is -0.393 e. The number of aliphatic hydroxyl groups excluding tert-OH is 1. The summed E-state index contributed by atoms with van der Waals surface area (Å²) >= 11 is 1.60. The van der Waals surface area contributed by atoms with Gasteiger partial charge in [-0.2, -0.15) is 0 Å². The maximum absolute atomic E-state index is 11.7. The Labute approximate surface area is 125 Å². The Hall–Kier alpha value is -1.00. The molecule has 1 aromatic rings. The number of amides is 1. The van der Waals surface area contributed by atoms with Crippen molar-refractivity contribution in [2.24, 2.45) is 0 Å². The Bertz CT molecular complexity index is 460. The van der Waals surface area contributed by atoms with Crippen LogP contribution in [-0.2, 0) is 17.6 Å². The zero-order chi connectivity index (χ0) is 14.4. The highest BCUT2D eigenvalue weighted by molar-refractivity contribution is 8.00. The summed E-state index contributed by atoms with van der Waals surface area (Å²) in [6.07, 6.45) is 4.91. The second-order valence-corrected chi connectivity index (χ2v) is 6.46. The highest BCUT2D eigenvalue weighted by atomic mass is 32.2. The van der Waals surface area contributed by atoms with Gasteiger partial charge in [0, 0.05) is 11.4 Å². The van der Waals surface area contributed by atoms with Crippen LogP contribution in [0.2, 0.25) is 0 Å². The van der Waals surface area contributed by atoms with Crippen LogP contribution in [0.5, 0.6) is 0 Å². The van der Waals surface area contributed by atoms with Gasteiger partial charge < -0.3 is 10.4 Å². The van der Waals surface area contributed by atoms with E-state index < -0.39 is 0 Å². The van der Waals surface area contributed by atoms with Crippen LogP contribution >= 0.6 is 11.8 Å². The molecule has 110 valence electrons. The molecule has 2 rings (SSSR count). The van der Waals surface area contributed by atoms with Gasteiger partial charge in [0.05, 0.1) is 11.9 Å². The third-order valence-corrected chi connectivity index (χ3v) is 4.55. The minimum absolute atomic E-state index is 0.0705. The van der Waals surface area contributed by atoms with Gasteiger partial charge in [-0.25, -0.2) is 0 Å². The SMILES string of the molecule is CC(O)CCCNC(=O)CSc1ccc2c(c1)CCC2. The quantitative estimate of drug-likeness (QED) is 0.600. The predicted octanol–water partition coefficient (Wildman–Crippen LogP) is 2.54. The number of thioether (sulfide) groups is 1. The number of aryl methyl sites for hydroxylation is 2. The molecule has 4 heteroatoms. The first-order valence-corrected chi connectivity index (χ1v) is 8.33. The highest BCUT2D eigenvalue weighted by Gasteiger charge is 2.11. The Morgan fingerprint density at radius 2 is 2.20 bits per heavy atom. The first-order valence-electron chi connectivity index (χ1n) is 7.34. The van der Waals surface area contributed by atoms with Gasteiger partial charge in [0.2, 0.25) is 5.91 Å². The average molecular weight is 293 g/mol. The average Bonchev–Trinajstić information content (AvgIpc) is 2.88. The summed E-state index contributed by atoms with van der Waals surface area (Å²) in [6, 6.07) is 6.55. The van der Waals surface area contributed by atoms with Crippen molar-refractivity contribution in [2.45, 2.75) is 50.0 Å². The predicted molar refractivity (Wildman–Crippen MR) is 83.1 cm³/mol. The first kappa shape index (κ1) is 15.4. The van der Waals surface area contributed by atoms with E-state index in [1.807, 2.05) is 0 Å². The highest BCUT2D eigenvalue weighted by Crippen LogP contribution is 2.27. The van der Waals surface area contributed by atoms with E-state index in [0.717, 1.165) is 12.8 Å². The van der Waals surface area contributed by atoms with Crippen LogP contribution in [0.4, 0.5) is 0 Å². The summed E-state index contributed by atoms with van der Waals surface area (Å²) in [6.45, 7) is 2.42. The van der Waals surface area contributed by atoms with Gasteiger partial charge >= 0.3 is 0 Å². The van der Waals surface area contributed by atoms with E-state index in [0.29, 0.717) is 12.3 Å². The summed E-state index contributed by atoms with van der Waals surface area (Å²) in [5, 5.41) is 12.0. The van der Waals surface area contributed by atoms with Gasteiger partial charge in [-0.05, 0) is 62.3 Å². The van der Waals surface area contributed by atoms with Crippen molar-refractivity contribution < 1.29 is 9.90 Å². The zero-order valence-corrected chi connectivity index (χ0v) is 12.8. The summed E-state index contributed by atoms with van der Waals surface area (Å²) in [5.74, 6) is 0.536. The number of rotatable bonds is 7. The molecule has 0 heterocycles. The number of benzene rings is 1. The molecule has 0 radical (unpaired) electrons. The minimum atomic E-state index is -0.285. The van der Waals surface area contributed by atoms with Crippen molar-refractivity contribution in [2.75, 3.05) is 12.3 Å². The van der Waals surface area contributed by atoms with Crippen LogP contribution in [0, 0.1) is 0 Å². The Kier molecular flexibility index (Phi) is 5.92. The summed E-state index contributed by atoms with van der Waals surface area (Å²) in [5.41, 5.74) is 2.92. The van der Waals surface area contributed by atoms with Crippen LogP contribution in [-0.4, -0.2) is 29.4 Å². The van der Waals surface area contributed by atoms with Crippen LogP contribution in [0.25, 0.3) is 0 Å². The molecule has 3 nitrogen and oxygen atoms in total. The topological polar surface area (TPSA) is 49.3 Å². The molecule has 1 aliphatic carbocycles. The second kappa shape index (κ2) is 7.70. The zero-order valence-electron chi connectivity index (χ0n) is 12.0. The van der Waals surface area contributed by atoms with Crippen molar-refractivity contribution in [1.82, 2.24) is 5.32 Å². The van der Waals surface area contributed by atoms with E-state index >= 15 is 0 Å². The number of hydrogen-bond donors (Lipinski definition) is 2. The van der Waals surface area contributed by atoms with Crippen LogP contribution in [0.3, 0.4) is 0 Å². The third kappa shape index (κ3) is 4.84. The lowest BCUT2D eigenvalue weighted by molar-refractivity contribution is -0.118. The molecular formula is C16H23NO2S. The second-order valence-electron chi connectivity index (χ2n) is 5.41. The molecule has 1 aromatic carbocycles. The molecule has 1 aliphatic rings. The van der Waals surface area contributed by atoms with E-state index in [1.54, 1.807) is 18.7 Å². The van der Waals surface area contributed by atoms with Crippen molar-refractivity contribution in [1.29, 1.82) is 0 Å². The van der Waals surface area contributed by atoms with Crippen molar-refractivity contribution in [3.05, 3.63) is 29.3 Å². The van der Waals surface area contributed by atoms with Crippen molar-refractivity contribution >= 4 is 17.7 Å². The van der Waals surface area contributed by atoms with Gasteiger partial charge in [0.25, 0.3) is 0 Å². The fourth-order valence-electron chi connectivity index (χ4n) is 2.46. The molecule has 0 spiro atoms. The number of carbonyl (C=O) groups excluding carboxylic acids is 1. The van der Waals surface area contributed by atoms with E-state index in [-0.39, 0.29) is 12.0 Å². The summed E-state index contributed by atoms with van der Waals surface area (Å²) < 4.78 is 0. The van der Waals surface area contributed by atoms with E-state index in [9.17, 15) is 4.79 Å². The van der Waals surface area contributed by atoms with Crippen LogP contribution in [0.1, 0.15) is 37.3 Å². The van der Waals surface area contributed by atoms with Crippen LogP contribution in [0.15, 0.2) is 23.1 Å². The van der Waals surface area contributed by atoms with Crippen molar-refractivity contribution in [3.8, 4) is 0 Å². The van der Waals surface area contributed by atoms with E-state index in [4.69, 9.17) is 5.11 Å². The Morgan fingerprint density at radius 3 is 3.00 bits per heavy atom. The van der Waals surface area contributed by atoms with Gasteiger partial charge in [0.15, 0.2) is 0 Å². The van der Waals surface area contributed by atoms with Crippen LogP contribution < -0.4 is 5.32 Å². The molecular weight excluding hydrogens is 270 g/mol. The largest absolute Gasteiger partial charge is 0.393 e. The fraction of sp³-hybridized carbons (Fsp3) is 0.562. The molecule has 0 saturated carbocycles. The van der Waals surface area contributed by atoms with Crippen molar-refractivity contribution in [3.63, 3.8) is 0 Å². The molecule has 0 fully saturated rings. The number of fused-ring (bicyclic) bond motifs is 1. The summed E-state index contributed by atoms with van der Waals surface area (Å²) in [4.78, 5) is 12.9. The number of aliphatic hydroxyl groups is 1. The number of hydrogen-bond acceptors (Lipinski definition) is 3. The van der Waals surface area contributed by atoms with Gasteiger partial charge in [0.1, 0.15) is 0 Å². The van der Waals surface area contributed by atoms with Gasteiger partial charge in [-0.1, -0.05) is 6.07 Å². The Balaban J connectivity index is 1.68. The molecule has 0 saturated heterocycles. The molecule has 20 heavy (non-hydrogen) atoms. The lowest BCUT2D eigenvalue weighted by Gasteiger charge is -2.07. The first-order chi connectivity index (χ1) is 9.65. The molecule has 1 atom stereocenters. The monoisotopic (exact) mass is 293 g/mol. The maximum Gasteiger partial charge on any atom is 0.230 e. The van der Waals surface area contributed by atoms with E-state index in [1.165, 1.54) is 35.3 Å². The Morgan fingerprint density at radius 1 is 1.40 bits per heavy atom. The van der Waals surface area contributed by atoms with Gasteiger partial charge in [-0.15, -0.1) is 11.8 Å². The lowest BCUT2D eigenvalue weighted by Crippen LogP contribution is -2.26. The standard InChI is InChI=1S/C16H23NO2S/c1-12(18)4-3-9-17-16(19)11-20-15-8-7-13-5-2-6-14(13)10-15/h7-8,10,12,18H,2-6,9,11H2,1H3,(H,17,19). The lowest BCUT2D eigenvalue weighted by atomic mass is 10.1. The fourth-order valence-corrected chi connectivity index (χ4v) is 3.25. The molecule has 1 unspecified atom stereocenters. The number of nitrogens with one attached hydrogen (secondary N) is 1.